The van der Waals surface area contributed by atoms with Crippen molar-refractivity contribution in [2.75, 3.05) is 46.4 Å². The SMILES string of the molecule is CN=C(NCC(C)N1CCc2ccccc2C1)N1CCOC(C2CCCO2)C1. The van der Waals surface area contributed by atoms with E-state index in [1.807, 2.05) is 7.05 Å². The number of nitrogens with zero attached hydrogens (tertiary/aromatic N) is 3. The third kappa shape index (κ3) is 4.50. The van der Waals surface area contributed by atoms with Gasteiger partial charge in [0.05, 0.1) is 12.7 Å². The third-order valence-corrected chi connectivity index (χ3v) is 6.32. The van der Waals surface area contributed by atoms with Gasteiger partial charge in [-0.1, -0.05) is 24.3 Å². The van der Waals surface area contributed by atoms with Gasteiger partial charge in [0.2, 0.25) is 0 Å². The highest BCUT2D eigenvalue weighted by Crippen LogP contribution is 2.22. The van der Waals surface area contributed by atoms with E-state index in [4.69, 9.17) is 9.47 Å². The zero-order valence-electron chi connectivity index (χ0n) is 17.3. The number of aliphatic imine (C=N–C) groups is 1. The van der Waals surface area contributed by atoms with Crippen LogP contribution in [0.25, 0.3) is 0 Å². The molecule has 0 bridgehead atoms. The molecule has 2 fully saturated rings. The zero-order valence-corrected chi connectivity index (χ0v) is 17.3. The van der Waals surface area contributed by atoms with Gasteiger partial charge in [-0.15, -0.1) is 0 Å². The molecular formula is C22H34N4O2. The molecule has 4 rings (SSSR count). The standard InChI is InChI=1S/C22H34N4O2/c1-17(25-10-9-18-6-3-4-7-19(18)15-25)14-24-22(23-2)26-11-13-28-21(16-26)20-8-5-12-27-20/h3-4,6-7,17,20-21H,5,8-16H2,1-2H3,(H,23,24). The Hall–Kier alpha value is -1.63. The lowest BCUT2D eigenvalue weighted by Crippen LogP contribution is -2.55. The van der Waals surface area contributed by atoms with Crippen molar-refractivity contribution in [2.24, 2.45) is 4.99 Å². The smallest absolute Gasteiger partial charge is 0.193 e. The normalized spacial score (nSPS) is 27.5. The van der Waals surface area contributed by atoms with E-state index in [1.165, 1.54) is 11.1 Å². The van der Waals surface area contributed by atoms with Crippen molar-refractivity contribution in [1.29, 1.82) is 0 Å². The van der Waals surface area contributed by atoms with Gasteiger partial charge in [-0.3, -0.25) is 9.89 Å². The van der Waals surface area contributed by atoms with E-state index in [0.29, 0.717) is 6.04 Å². The molecule has 3 atom stereocenters. The van der Waals surface area contributed by atoms with E-state index in [0.717, 1.165) is 71.2 Å². The second-order valence-corrected chi connectivity index (χ2v) is 8.17. The highest BCUT2D eigenvalue weighted by Gasteiger charge is 2.32. The van der Waals surface area contributed by atoms with Crippen LogP contribution in [0.4, 0.5) is 0 Å². The summed E-state index contributed by atoms with van der Waals surface area (Å²) in [6, 6.07) is 9.28. The number of hydrogen-bond donors (Lipinski definition) is 1. The molecule has 6 nitrogen and oxygen atoms in total. The number of hydrogen-bond acceptors (Lipinski definition) is 4. The summed E-state index contributed by atoms with van der Waals surface area (Å²) < 4.78 is 11.8. The van der Waals surface area contributed by atoms with Gasteiger partial charge in [-0.05, 0) is 37.3 Å². The van der Waals surface area contributed by atoms with Crippen LogP contribution in [0.5, 0.6) is 0 Å². The van der Waals surface area contributed by atoms with E-state index in [-0.39, 0.29) is 12.2 Å². The summed E-state index contributed by atoms with van der Waals surface area (Å²) >= 11 is 0. The monoisotopic (exact) mass is 386 g/mol. The molecule has 2 saturated heterocycles. The molecule has 1 aromatic carbocycles. The summed E-state index contributed by atoms with van der Waals surface area (Å²) in [6.45, 7) is 8.72. The summed E-state index contributed by atoms with van der Waals surface area (Å²) in [5.74, 6) is 0.982. The highest BCUT2D eigenvalue weighted by atomic mass is 16.5. The Labute approximate surface area is 168 Å². The summed E-state index contributed by atoms with van der Waals surface area (Å²) in [4.78, 5) is 9.44. The summed E-state index contributed by atoms with van der Waals surface area (Å²) in [6.07, 6.45) is 3.80. The fourth-order valence-corrected chi connectivity index (χ4v) is 4.58. The molecule has 0 saturated carbocycles. The minimum atomic E-state index is 0.158. The number of morpholine rings is 1. The van der Waals surface area contributed by atoms with Gasteiger partial charge in [0, 0.05) is 52.4 Å². The zero-order chi connectivity index (χ0) is 19.3. The molecular weight excluding hydrogens is 352 g/mol. The Morgan fingerprint density at radius 2 is 2.00 bits per heavy atom. The Morgan fingerprint density at radius 1 is 1.18 bits per heavy atom. The largest absolute Gasteiger partial charge is 0.375 e. The molecule has 3 aliphatic heterocycles. The third-order valence-electron chi connectivity index (χ3n) is 6.32. The van der Waals surface area contributed by atoms with Crippen LogP contribution < -0.4 is 5.32 Å². The molecule has 154 valence electrons. The molecule has 1 N–H and O–H groups in total. The molecule has 0 aromatic heterocycles. The minimum absolute atomic E-state index is 0.158. The van der Waals surface area contributed by atoms with Crippen molar-refractivity contribution < 1.29 is 9.47 Å². The van der Waals surface area contributed by atoms with Crippen LogP contribution >= 0.6 is 0 Å². The molecule has 1 aromatic rings. The van der Waals surface area contributed by atoms with E-state index in [9.17, 15) is 0 Å². The van der Waals surface area contributed by atoms with Gasteiger partial charge in [-0.25, -0.2) is 0 Å². The van der Waals surface area contributed by atoms with Crippen molar-refractivity contribution in [3.8, 4) is 0 Å². The molecule has 28 heavy (non-hydrogen) atoms. The van der Waals surface area contributed by atoms with E-state index < -0.39 is 0 Å². The molecule has 3 aliphatic rings. The van der Waals surface area contributed by atoms with Crippen molar-refractivity contribution in [3.05, 3.63) is 35.4 Å². The summed E-state index contributed by atoms with van der Waals surface area (Å²) in [7, 11) is 1.88. The number of fused-ring (bicyclic) bond motifs is 1. The second kappa shape index (κ2) is 9.25. The van der Waals surface area contributed by atoms with Gasteiger partial charge in [0.1, 0.15) is 6.10 Å². The van der Waals surface area contributed by atoms with Gasteiger partial charge in [-0.2, -0.15) is 0 Å². The van der Waals surface area contributed by atoms with Gasteiger partial charge in [0.15, 0.2) is 5.96 Å². The Balaban J connectivity index is 1.29. The number of rotatable bonds is 4. The Morgan fingerprint density at radius 3 is 2.79 bits per heavy atom. The van der Waals surface area contributed by atoms with Crippen molar-refractivity contribution in [1.82, 2.24) is 15.1 Å². The minimum Gasteiger partial charge on any atom is -0.375 e. The predicted octanol–water partition coefficient (Wildman–Crippen LogP) is 1.89. The van der Waals surface area contributed by atoms with Crippen LogP contribution in [0.15, 0.2) is 29.3 Å². The fourth-order valence-electron chi connectivity index (χ4n) is 4.58. The Bertz CT molecular complexity index is 674. The van der Waals surface area contributed by atoms with Crippen LogP contribution in [-0.2, 0) is 22.4 Å². The van der Waals surface area contributed by atoms with Crippen LogP contribution in [0.2, 0.25) is 0 Å². The average molecular weight is 387 g/mol. The molecule has 3 heterocycles. The van der Waals surface area contributed by atoms with Crippen molar-refractivity contribution in [2.45, 2.75) is 51.0 Å². The summed E-state index contributed by atoms with van der Waals surface area (Å²) in [5, 5.41) is 3.61. The molecule has 6 heteroatoms. The fraction of sp³-hybridized carbons (Fsp3) is 0.682. The van der Waals surface area contributed by atoms with Gasteiger partial charge in [0.25, 0.3) is 0 Å². The maximum absolute atomic E-state index is 5.98. The topological polar surface area (TPSA) is 49.3 Å². The first-order valence-corrected chi connectivity index (χ1v) is 10.7. The lowest BCUT2D eigenvalue weighted by molar-refractivity contribution is -0.0817. The average Bonchev–Trinajstić information content (AvgIpc) is 3.29. The lowest BCUT2D eigenvalue weighted by atomic mass is 9.99. The lowest BCUT2D eigenvalue weighted by Gasteiger charge is -2.38. The van der Waals surface area contributed by atoms with E-state index in [1.54, 1.807) is 0 Å². The van der Waals surface area contributed by atoms with Crippen LogP contribution in [0, 0.1) is 0 Å². The Kier molecular flexibility index (Phi) is 6.50. The van der Waals surface area contributed by atoms with Crippen LogP contribution in [0.1, 0.15) is 30.9 Å². The number of guanidine groups is 1. The molecule has 0 spiro atoms. The number of nitrogens with one attached hydrogen (secondary N) is 1. The van der Waals surface area contributed by atoms with Crippen LogP contribution in [0.3, 0.4) is 0 Å². The second-order valence-electron chi connectivity index (χ2n) is 8.17. The number of benzene rings is 1. The van der Waals surface area contributed by atoms with Gasteiger partial charge < -0.3 is 19.7 Å². The van der Waals surface area contributed by atoms with E-state index >= 15 is 0 Å². The van der Waals surface area contributed by atoms with Crippen molar-refractivity contribution >= 4 is 5.96 Å². The quantitative estimate of drug-likeness (QED) is 0.633. The highest BCUT2D eigenvalue weighted by molar-refractivity contribution is 5.80. The maximum Gasteiger partial charge on any atom is 0.193 e. The predicted molar refractivity (Wildman–Crippen MR) is 112 cm³/mol. The number of ether oxygens (including phenoxy) is 2. The summed E-state index contributed by atoms with van der Waals surface area (Å²) in [5.41, 5.74) is 2.97. The first kappa shape index (κ1) is 19.7. The molecule has 3 unspecified atom stereocenters. The molecule has 0 amide bonds. The van der Waals surface area contributed by atoms with Gasteiger partial charge >= 0.3 is 0 Å². The van der Waals surface area contributed by atoms with Crippen molar-refractivity contribution in [3.63, 3.8) is 0 Å². The van der Waals surface area contributed by atoms with E-state index in [2.05, 4.69) is 51.3 Å². The molecule has 0 radical (unpaired) electrons. The first-order chi connectivity index (χ1) is 13.7. The maximum atomic E-state index is 5.98. The molecule has 0 aliphatic carbocycles. The first-order valence-electron chi connectivity index (χ1n) is 10.7. The van der Waals surface area contributed by atoms with Crippen LogP contribution in [-0.4, -0.2) is 80.4 Å².